The topological polar surface area (TPSA) is 24.9 Å². The Hall–Kier alpha value is -0.890. The van der Waals surface area contributed by atoms with Gasteiger partial charge in [-0.05, 0) is 38.1 Å². The lowest BCUT2D eigenvalue weighted by Gasteiger charge is -1.95. The Kier molecular flexibility index (Phi) is 10.3. The van der Waals surface area contributed by atoms with E-state index in [0.717, 1.165) is 0 Å². The van der Waals surface area contributed by atoms with Crippen molar-refractivity contribution in [1.82, 2.24) is 10.3 Å². The molecular weight excluding hydrogens is 160 g/mol. The first kappa shape index (κ1) is 12.1. The maximum absolute atomic E-state index is 3.78. The van der Waals surface area contributed by atoms with Crippen LogP contribution in [-0.2, 0) is 0 Å². The predicted octanol–water partition coefficient (Wildman–Crippen LogP) is 2.48. The summed E-state index contributed by atoms with van der Waals surface area (Å²) in [4.78, 5) is 3.78. The molecule has 1 aromatic heterocycles. The fourth-order valence-corrected chi connectivity index (χ4v) is 0.791. The van der Waals surface area contributed by atoms with Gasteiger partial charge in [0.15, 0.2) is 0 Å². The van der Waals surface area contributed by atoms with Gasteiger partial charge in [0, 0.05) is 12.4 Å². The molecule has 0 saturated heterocycles. The smallest absolute Gasteiger partial charge is 0.0267 e. The van der Waals surface area contributed by atoms with E-state index in [-0.39, 0.29) is 0 Å². The van der Waals surface area contributed by atoms with Crippen LogP contribution in [0.5, 0.6) is 0 Å². The molecule has 0 atom stereocenters. The minimum atomic E-state index is 1.17. The Labute approximate surface area is 81.4 Å². The van der Waals surface area contributed by atoms with Gasteiger partial charge in [0.05, 0.1) is 0 Å². The molecule has 0 fully saturated rings. The zero-order valence-corrected chi connectivity index (χ0v) is 8.66. The van der Waals surface area contributed by atoms with Crippen molar-refractivity contribution in [3.63, 3.8) is 0 Å². The van der Waals surface area contributed by atoms with Crippen LogP contribution in [0.1, 0.15) is 26.7 Å². The summed E-state index contributed by atoms with van der Waals surface area (Å²) < 4.78 is 0. The van der Waals surface area contributed by atoms with Crippen LogP contribution in [0, 0.1) is 0 Å². The number of pyridine rings is 1. The Balaban J connectivity index is 0.000000223. The van der Waals surface area contributed by atoms with Crippen molar-refractivity contribution in [3.05, 3.63) is 30.6 Å². The molecule has 1 aromatic rings. The van der Waals surface area contributed by atoms with Crippen molar-refractivity contribution in [2.24, 2.45) is 0 Å². The maximum atomic E-state index is 3.78. The maximum Gasteiger partial charge on any atom is 0.0267 e. The predicted molar refractivity (Wildman–Crippen MR) is 57.7 cm³/mol. The molecule has 74 valence electrons. The molecule has 0 bridgehead atoms. The van der Waals surface area contributed by atoms with Crippen molar-refractivity contribution in [3.8, 4) is 0 Å². The summed E-state index contributed by atoms with van der Waals surface area (Å²) in [5, 5.41) is 3.28. The molecule has 0 unspecified atom stereocenters. The number of rotatable bonds is 4. The molecular formula is C11H20N2. The molecule has 13 heavy (non-hydrogen) atoms. The van der Waals surface area contributed by atoms with Gasteiger partial charge in [0.2, 0.25) is 0 Å². The Morgan fingerprint density at radius 3 is 1.69 bits per heavy atom. The zero-order valence-electron chi connectivity index (χ0n) is 8.66. The summed E-state index contributed by atoms with van der Waals surface area (Å²) >= 11 is 0. The highest BCUT2D eigenvalue weighted by Gasteiger charge is 1.76. The van der Waals surface area contributed by atoms with Crippen molar-refractivity contribution in [1.29, 1.82) is 0 Å². The van der Waals surface area contributed by atoms with E-state index in [0.29, 0.717) is 0 Å². The standard InChI is InChI=1S/C6H15N.C5H5N/c1-3-5-7-6-4-2;1-2-4-6-5-3-1/h7H,3-6H2,1-2H3;1-5H. The number of hydrogen-bond donors (Lipinski definition) is 1. The first-order valence-electron chi connectivity index (χ1n) is 4.97. The van der Waals surface area contributed by atoms with E-state index in [1.807, 2.05) is 18.2 Å². The van der Waals surface area contributed by atoms with Gasteiger partial charge in [-0.25, -0.2) is 0 Å². The average molecular weight is 180 g/mol. The molecule has 0 aliphatic rings. The van der Waals surface area contributed by atoms with Crippen molar-refractivity contribution < 1.29 is 0 Å². The Bertz CT molecular complexity index is 132. The SMILES string of the molecule is CCCNCCC.c1ccncc1. The fraction of sp³-hybridized carbons (Fsp3) is 0.545. The lowest BCUT2D eigenvalue weighted by Crippen LogP contribution is -2.14. The van der Waals surface area contributed by atoms with E-state index >= 15 is 0 Å². The molecule has 1 heterocycles. The number of hydrogen-bond acceptors (Lipinski definition) is 2. The largest absolute Gasteiger partial charge is 0.317 e. The summed E-state index contributed by atoms with van der Waals surface area (Å²) in [5.74, 6) is 0. The van der Waals surface area contributed by atoms with Gasteiger partial charge in [-0.2, -0.15) is 0 Å². The molecule has 0 amide bonds. The van der Waals surface area contributed by atoms with Crippen molar-refractivity contribution >= 4 is 0 Å². The van der Waals surface area contributed by atoms with Crippen LogP contribution in [0.25, 0.3) is 0 Å². The third kappa shape index (κ3) is 11.1. The quantitative estimate of drug-likeness (QED) is 0.720. The van der Waals surface area contributed by atoms with Gasteiger partial charge in [-0.1, -0.05) is 19.9 Å². The first-order valence-corrected chi connectivity index (χ1v) is 4.97. The summed E-state index contributed by atoms with van der Waals surface area (Å²) in [6, 6.07) is 5.72. The number of nitrogens with zero attached hydrogens (tertiary/aromatic N) is 1. The highest BCUT2D eigenvalue weighted by atomic mass is 14.8. The Morgan fingerprint density at radius 2 is 1.46 bits per heavy atom. The molecule has 0 radical (unpaired) electrons. The summed E-state index contributed by atoms with van der Waals surface area (Å²) in [6.45, 7) is 6.72. The van der Waals surface area contributed by atoms with Gasteiger partial charge in [0.25, 0.3) is 0 Å². The summed E-state index contributed by atoms with van der Waals surface area (Å²) in [7, 11) is 0. The normalized spacial score (nSPS) is 8.77. The van der Waals surface area contributed by atoms with E-state index in [9.17, 15) is 0 Å². The highest BCUT2D eigenvalue weighted by molar-refractivity contribution is 4.88. The van der Waals surface area contributed by atoms with Gasteiger partial charge < -0.3 is 5.32 Å². The van der Waals surface area contributed by atoms with Crippen LogP contribution in [0.4, 0.5) is 0 Å². The zero-order chi connectivity index (χ0) is 9.78. The third-order valence-electron chi connectivity index (χ3n) is 1.42. The minimum absolute atomic E-state index is 1.17. The molecule has 1 N–H and O–H groups in total. The molecule has 0 aliphatic carbocycles. The molecule has 2 nitrogen and oxygen atoms in total. The second kappa shape index (κ2) is 11.1. The molecule has 0 spiro atoms. The van der Waals surface area contributed by atoms with E-state index in [4.69, 9.17) is 0 Å². The summed E-state index contributed by atoms with van der Waals surface area (Å²) in [6.07, 6.45) is 6.00. The lowest BCUT2D eigenvalue weighted by atomic mass is 10.4. The fourth-order valence-electron chi connectivity index (χ4n) is 0.791. The molecule has 0 saturated carbocycles. The second-order valence-corrected chi connectivity index (χ2v) is 2.77. The van der Waals surface area contributed by atoms with Crippen LogP contribution in [-0.4, -0.2) is 18.1 Å². The van der Waals surface area contributed by atoms with E-state index in [2.05, 4.69) is 24.1 Å². The highest BCUT2D eigenvalue weighted by Crippen LogP contribution is 1.73. The van der Waals surface area contributed by atoms with E-state index in [1.165, 1.54) is 25.9 Å². The lowest BCUT2D eigenvalue weighted by molar-refractivity contribution is 0.662. The van der Waals surface area contributed by atoms with E-state index < -0.39 is 0 Å². The van der Waals surface area contributed by atoms with Crippen molar-refractivity contribution in [2.75, 3.05) is 13.1 Å². The van der Waals surface area contributed by atoms with Crippen LogP contribution in [0.15, 0.2) is 30.6 Å². The number of nitrogens with one attached hydrogen (secondary N) is 1. The molecule has 1 rings (SSSR count). The minimum Gasteiger partial charge on any atom is -0.317 e. The number of aromatic nitrogens is 1. The molecule has 0 aliphatic heterocycles. The molecule has 0 aromatic carbocycles. The van der Waals surface area contributed by atoms with Gasteiger partial charge in [-0.3, -0.25) is 4.98 Å². The van der Waals surface area contributed by atoms with Gasteiger partial charge in [-0.15, -0.1) is 0 Å². The van der Waals surface area contributed by atoms with Crippen LogP contribution in [0.3, 0.4) is 0 Å². The van der Waals surface area contributed by atoms with Crippen molar-refractivity contribution in [2.45, 2.75) is 26.7 Å². The van der Waals surface area contributed by atoms with Crippen LogP contribution < -0.4 is 5.32 Å². The first-order chi connectivity index (χ1) is 6.41. The third-order valence-corrected chi connectivity index (χ3v) is 1.42. The Morgan fingerprint density at radius 1 is 0.923 bits per heavy atom. The monoisotopic (exact) mass is 180 g/mol. The second-order valence-electron chi connectivity index (χ2n) is 2.77. The van der Waals surface area contributed by atoms with Crippen LogP contribution >= 0.6 is 0 Å². The van der Waals surface area contributed by atoms with Gasteiger partial charge in [0.1, 0.15) is 0 Å². The molecule has 2 heteroatoms. The van der Waals surface area contributed by atoms with E-state index in [1.54, 1.807) is 12.4 Å². The van der Waals surface area contributed by atoms with Crippen LogP contribution in [0.2, 0.25) is 0 Å². The average Bonchev–Trinajstić information content (AvgIpc) is 2.22. The van der Waals surface area contributed by atoms with Gasteiger partial charge >= 0.3 is 0 Å². The summed E-state index contributed by atoms with van der Waals surface area (Å²) in [5.41, 5.74) is 0.